The van der Waals surface area contributed by atoms with E-state index in [1.54, 1.807) is 36.4 Å². The average Bonchev–Trinajstić information content (AvgIpc) is 3.39. The lowest BCUT2D eigenvalue weighted by Crippen LogP contribution is -2.29. The summed E-state index contributed by atoms with van der Waals surface area (Å²) in [6.07, 6.45) is 0.607. The van der Waals surface area contributed by atoms with Crippen LogP contribution in [0.3, 0.4) is 0 Å². The highest BCUT2D eigenvalue weighted by Crippen LogP contribution is 2.39. The van der Waals surface area contributed by atoms with Crippen LogP contribution in [-0.4, -0.2) is 20.9 Å². The molecule has 0 unspecified atom stereocenters. The largest absolute Gasteiger partial charge is 0.397 e. The molecule has 4 N–H and O–H groups in total. The highest BCUT2D eigenvalue weighted by Gasteiger charge is 2.32. The number of para-hydroxylation sites is 3. The van der Waals surface area contributed by atoms with Crippen molar-refractivity contribution in [2.75, 3.05) is 27.2 Å². The van der Waals surface area contributed by atoms with Gasteiger partial charge in [0.1, 0.15) is 0 Å². The van der Waals surface area contributed by atoms with Crippen LogP contribution in [0.4, 0.5) is 22.7 Å². The molecule has 1 aliphatic heterocycles. The van der Waals surface area contributed by atoms with Gasteiger partial charge in [0.15, 0.2) is 0 Å². The second-order valence-corrected chi connectivity index (χ2v) is 10.7. The second kappa shape index (κ2) is 10.3. The van der Waals surface area contributed by atoms with E-state index in [9.17, 15) is 13.2 Å². The van der Waals surface area contributed by atoms with Gasteiger partial charge in [-0.2, -0.15) is 5.26 Å². The molecule has 0 radical (unpaired) electrons. The maximum Gasteiger partial charge on any atom is 0.264 e. The minimum Gasteiger partial charge on any atom is -0.397 e. The summed E-state index contributed by atoms with van der Waals surface area (Å²) in [5.74, 6) is -0.257. The fourth-order valence-electron chi connectivity index (χ4n) is 4.41. The normalized spacial score (nSPS) is 12.4. The zero-order valence-electron chi connectivity index (χ0n) is 20.4. The van der Waals surface area contributed by atoms with Crippen LogP contribution in [0.15, 0.2) is 95.9 Å². The number of hydrogen-bond acceptors (Lipinski definition) is 6. The number of anilines is 4. The predicted octanol–water partition coefficient (Wildman–Crippen LogP) is 4.76. The van der Waals surface area contributed by atoms with Crippen molar-refractivity contribution < 1.29 is 13.2 Å². The Morgan fingerprint density at radius 3 is 2.34 bits per heavy atom. The quantitative estimate of drug-likeness (QED) is 0.300. The van der Waals surface area contributed by atoms with Crippen molar-refractivity contribution in [2.45, 2.75) is 17.9 Å². The molecule has 4 aromatic carbocycles. The monoisotopic (exact) mass is 523 g/mol. The molecule has 0 spiro atoms. The number of amides is 1. The average molecular weight is 524 g/mol. The van der Waals surface area contributed by atoms with Gasteiger partial charge in [0, 0.05) is 18.7 Å². The highest BCUT2D eigenvalue weighted by atomic mass is 32.2. The fraction of sp³-hybridized carbons (Fsp3) is 0.103. The molecule has 0 aromatic heterocycles. The second-order valence-electron chi connectivity index (χ2n) is 8.87. The van der Waals surface area contributed by atoms with Gasteiger partial charge in [-0.05, 0) is 72.1 Å². The van der Waals surface area contributed by atoms with Gasteiger partial charge in [-0.1, -0.05) is 36.4 Å². The maximum absolute atomic E-state index is 13.4. The van der Waals surface area contributed by atoms with Crippen LogP contribution in [0.1, 0.15) is 27.0 Å². The number of sulfonamides is 1. The molecule has 9 heteroatoms. The first-order valence-corrected chi connectivity index (χ1v) is 13.4. The SMILES string of the molecule is N#Cc1ccc(S(=O)(=O)N2CCc3cccc(NCc4ccc(C(=O)Nc5ccccc5N)cc4)c32)cc1. The molecule has 0 bridgehead atoms. The van der Waals surface area contributed by atoms with Gasteiger partial charge in [-0.25, -0.2) is 8.42 Å². The summed E-state index contributed by atoms with van der Waals surface area (Å²) in [7, 11) is -3.80. The zero-order valence-corrected chi connectivity index (χ0v) is 21.2. The predicted molar refractivity (Wildman–Crippen MR) is 148 cm³/mol. The molecule has 0 fully saturated rings. The standard InChI is InChI=1S/C29H25N5O3S/c30-18-20-10-14-24(15-11-20)38(36,37)34-17-16-22-4-3-7-27(28(22)34)32-19-21-8-12-23(13-9-21)29(35)33-26-6-2-1-5-25(26)31/h1-15,32H,16-17,19,31H2,(H,33,35). The molecule has 4 aromatic rings. The first kappa shape index (κ1) is 24.9. The minimum absolute atomic E-state index is 0.144. The highest BCUT2D eigenvalue weighted by molar-refractivity contribution is 7.92. The molecule has 1 aliphatic rings. The van der Waals surface area contributed by atoms with E-state index in [1.807, 2.05) is 36.4 Å². The molecule has 0 saturated heterocycles. The van der Waals surface area contributed by atoms with Crippen molar-refractivity contribution in [1.82, 2.24) is 0 Å². The summed E-state index contributed by atoms with van der Waals surface area (Å²) in [5.41, 5.74) is 11.1. The molecule has 0 saturated carbocycles. The lowest BCUT2D eigenvalue weighted by atomic mass is 10.1. The number of hydrogen-bond donors (Lipinski definition) is 3. The van der Waals surface area contributed by atoms with Gasteiger partial charge in [0.2, 0.25) is 0 Å². The van der Waals surface area contributed by atoms with Crippen LogP contribution in [0.2, 0.25) is 0 Å². The zero-order chi connectivity index (χ0) is 26.7. The molecule has 8 nitrogen and oxygen atoms in total. The van der Waals surface area contributed by atoms with Crippen LogP contribution in [0, 0.1) is 11.3 Å². The number of benzene rings is 4. The number of nitriles is 1. The van der Waals surface area contributed by atoms with Crippen LogP contribution in [0.25, 0.3) is 0 Å². The molecule has 0 atom stereocenters. The van der Waals surface area contributed by atoms with Crippen LogP contribution in [0.5, 0.6) is 0 Å². The first-order chi connectivity index (χ1) is 18.4. The Balaban J connectivity index is 1.31. The van der Waals surface area contributed by atoms with E-state index in [4.69, 9.17) is 11.0 Å². The Hall–Kier alpha value is -4.81. The number of fused-ring (bicyclic) bond motifs is 1. The van der Waals surface area contributed by atoms with Crippen molar-refractivity contribution in [3.05, 3.63) is 113 Å². The summed E-state index contributed by atoms with van der Waals surface area (Å²) in [6.45, 7) is 0.779. The third kappa shape index (κ3) is 4.90. The Morgan fingerprint density at radius 1 is 0.921 bits per heavy atom. The van der Waals surface area contributed by atoms with Crippen LogP contribution < -0.4 is 20.7 Å². The Kier molecular flexibility index (Phi) is 6.73. The molecule has 190 valence electrons. The van der Waals surface area contributed by atoms with Gasteiger partial charge >= 0.3 is 0 Å². The van der Waals surface area contributed by atoms with Gasteiger partial charge < -0.3 is 16.4 Å². The first-order valence-electron chi connectivity index (χ1n) is 12.0. The third-order valence-corrected chi connectivity index (χ3v) is 8.25. The summed E-state index contributed by atoms with van der Waals surface area (Å²) >= 11 is 0. The Labute approximate surface area is 221 Å². The van der Waals surface area contributed by atoms with E-state index in [-0.39, 0.29) is 10.8 Å². The smallest absolute Gasteiger partial charge is 0.264 e. The van der Waals surface area contributed by atoms with Gasteiger partial charge in [0.05, 0.1) is 39.3 Å². The van der Waals surface area contributed by atoms with E-state index in [0.29, 0.717) is 53.4 Å². The van der Waals surface area contributed by atoms with Gasteiger partial charge in [-0.15, -0.1) is 0 Å². The van der Waals surface area contributed by atoms with Crippen molar-refractivity contribution in [1.29, 1.82) is 5.26 Å². The lowest BCUT2D eigenvalue weighted by molar-refractivity contribution is 0.102. The number of nitrogen functional groups attached to an aromatic ring is 1. The number of carbonyl (C=O) groups excluding carboxylic acids is 1. The summed E-state index contributed by atoms with van der Waals surface area (Å²) < 4.78 is 28.3. The molecule has 38 heavy (non-hydrogen) atoms. The van der Waals surface area contributed by atoms with Gasteiger partial charge in [-0.3, -0.25) is 9.10 Å². The minimum atomic E-state index is -3.80. The molecule has 1 heterocycles. The number of carbonyl (C=O) groups is 1. The Morgan fingerprint density at radius 2 is 1.63 bits per heavy atom. The van der Waals surface area contributed by atoms with Crippen LogP contribution in [-0.2, 0) is 23.0 Å². The number of nitrogens with two attached hydrogens (primary N) is 1. The van der Waals surface area contributed by atoms with Crippen LogP contribution >= 0.6 is 0 Å². The number of nitrogens with one attached hydrogen (secondary N) is 2. The fourth-order valence-corrected chi connectivity index (χ4v) is 5.93. The summed E-state index contributed by atoms with van der Waals surface area (Å²) in [6, 6.07) is 27.9. The van der Waals surface area contributed by atoms with Crippen molar-refractivity contribution in [3.63, 3.8) is 0 Å². The van der Waals surface area contributed by atoms with E-state index >= 15 is 0 Å². The number of rotatable bonds is 7. The maximum atomic E-state index is 13.4. The van der Waals surface area contributed by atoms with Crippen molar-refractivity contribution in [2.24, 2.45) is 0 Å². The molecule has 0 aliphatic carbocycles. The van der Waals surface area contributed by atoms with E-state index < -0.39 is 10.0 Å². The molecular weight excluding hydrogens is 498 g/mol. The lowest BCUT2D eigenvalue weighted by Gasteiger charge is -2.23. The molecule has 5 rings (SSSR count). The van der Waals surface area contributed by atoms with E-state index in [1.165, 1.54) is 28.6 Å². The van der Waals surface area contributed by atoms with Crippen molar-refractivity contribution in [3.8, 4) is 6.07 Å². The summed E-state index contributed by atoms with van der Waals surface area (Å²) in [4.78, 5) is 12.8. The third-order valence-electron chi connectivity index (χ3n) is 6.43. The Bertz CT molecular complexity index is 1640. The van der Waals surface area contributed by atoms with Crippen molar-refractivity contribution >= 4 is 38.7 Å². The molecule has 1 amide bonds. The molecular formula is C29H25N5O3S. The number of nitrogens with zero attached hydrogens (tertiary/aromatic N) is 2. The topological polar surface area (TPSA) is 128 Å². The van der Waals surface area contributed by atoms with E-state index in [0.717, 1.165) is 11.1 Å². The van der Waals surface area contributed by atoms with E-state index in [2.05, 4.69) is 10.6 Å². The summed E-state index contributed by atoms with van der Waals surface area (Å²) in [5, 5.41) is 15.2. The van der Waals surface area contributed by atoms with Gasteiger partial charge in [0.25, 0.3) is 15.9 Å².